The van der Waals surface area contributed by atoms with Gasteiger partial charge in [0.25, 0.3) is 5.69 Å². The summed E-state index contributed by atoms with van der Waals surface area (Å²) in [6.07, 6.45) is 4.54. The molecule has 2 rings (SSSR count). The van der Waals surface area contributed by atoms with Gasteiger partial charge in [0.05, 0.1) is 9.40 Å². The van der Waals surface area contributed by atoms with E-state index < -0.39 is 0 Å². The van der Waals surface area contributed by atoms with Gasteiger partial charge in [0.15, 0.2) is 0 Å². The van der Waals surface area contributed by atoms with E-state index in [0.29, 0.717) is 10.5 Å². The minimum Gasteiger partial charge on any atom is -0.314 e. The fraction of sp³-hybridized carbons (Fsp3) is 0.571. The molecule has 1 aromatic rings. The Balaban J connectivity index is 2.02. The predicted octanol–water partition coefficient (Wildman–Crippen LogP) is 3.68. The van der Waals surface area contributed by atoms with Crippen molar-refractivity contribution in [1.82, 2.24) is 5.32 Å². The first-order chi connectivity index (χ1) is 9.13. The van der Waals surface area contributed by atoms with Crippen LogP contribution in [0.5, 0.6) is 0 Å². The predicted molar refractivity (Wildman–Crippen MR) is 79.3 cm³/mol. The molecule has 5 heteroatoms. The highest BCUT2D eigenvalue weighted by molar-refractivity contribution is 9.10. The third kappa shape index (κ3) is 3.76. The Bertz CT molecular complexity index is 461. The van der Waals surface area contributed by atoms with Crippen LogP contribution >= 0.6 is 15.9 Å². The summed E-state index contributed by atoms with van der Waals surface area (Å²) in [5.41, 5.74) is 1.18. The molecule has 0 radical (unpaired) electrons. The second-order valence-corrected chi connectivity index (χ2v) is 5.84. The van der Waals surface area contributed by atoms with Crippen LogP contribution in [-0.2, 0) is 6.42 Å². The second-order valence-electron chi connectivity index (χ2n) is 5.05. The molecule has 0 bridgehead atoms. The van der Waals surface area contributed by atoms with Crippen molar-refractivity contribution in [3.63, 3.8) is 0 Å². The zero-order chi connectivity index (χ0) is 13.8. The van der Waals surface area contributed by atoms with Crippen LogP contribution < -0.4 is 5.32 Å². The van der Waals surface area contributed by atoms with Crippen LogP contribution in [0, 0.1) is 16.0 Å². The molecule has 1 N–H and O–H groups in total. The first kappa shape index (κ1) is 14.5. The number of nitrogens with zero attached hydrogens (tertiary/aromatic N) is 1. The number of nitro groups is 1. The molecule has 0 spiro atoms. The van der Waals surface area contributed by atoms with E-state index in [4.69, 9.17) is 0 Å². The number of rotatable bonds is 7. The summed E-state index contributed by atoms with van der Waals surface area (Å²) in [4.78, 5) is 10.6. The van der Waals surface area contributed by atoms with E-state index in [9.17, 15) is 10.1 Å². The van der Waals surface area contributed by atoms with Crippen LogP contribution in [-0.4, -0.2) is 17.5 Å². The minimum absolute atomic E-state index is 0.156. The van der Waals surface area contributed by atoms with Crippen LogP contribution in [0.4, 0.5) is 5.69 Å². The SMILES string of the molecule is CCNC(CCc1cccc([N+](=O)[O-])c1Br)C1CC1. The van der Waals surface area contributed by atoms with Crippen molar-refractivity contribution >= 4 is 21.6 Å². The summed E-state index contributed by atoms with van der Waals surface area (Å²) < 4.78 is 0.631. The van der Waals surface area contributed by atoms with E-state index in [1.165, 1.54) is 18.9 Å². The molecule has 1 fully saturated rings. The molecule has 1 atom stereocenters. The summed E-state index contributed by atoms with van der Waals surface area (Å²) in [6.45, 7) is 3.11. The Hall–Kier alpha value is -0.940. The van der Waals surface area contributed by atoms with Gasteiger partial charge in [-0.2, -0.15) is 0 Å². The first-order valence-corrected chi connectivity index (χ1v) is 7.58. The van der Waals surface area contributed by atoms with Gasteiger partial charge in [-0.25, -0.2) is 0 Å². The van der Waals surface area contributed by atoms with Gasteiger partial charge in [0.1, 0.15) is 0 Å². The van der Waals surface area contributed by atoms with Crippen LogP contribution in [0.3, 0.4) is 0 Å². The fourth-order valence-corrected chi connectivity index (χ4v) is 3.08. The minimum atomic E-state index is -0.337. The Kier molecular flexibility index (Phi) is 4.93. The maximum Gasteiger partial charge on any atom is 0.283 e. The van der Waals surface area contributed by atoms with Gasteiger partial charge in [-0.15, -0.1) is 0 Å². The zero-order valence-electron chi connectivity index (χ0n) is 11.1. The number of hydrogen-bond acceptors (Lipinski definition) is 3. The van der Waals surface area contributed by atoms with E-state index in [1.54, 1.807) is 6.07 Å². The van der Waals surface area contributed by atoms with Crippen molar-refractivity contribution in [2.45, 2.75) is 38.6 Å². The molecular weight excluding hydrogens is 308 g/mol. The maximum atomic E-state index is 10.9. The number of hydrogen-bond donors (Lipinski definition) is 1. The molecule has 0 saturated heterocycles. The third-order valence-corrected chi connectivity index (χ3v) is 4.55. The quantitative estimate of drug-likeness (QED) is 0.614. The lowest BCUT2D eigenvalue weighted by atomic mass is 10.0. The number of nitrogens with one attached hydrogen (secondary N) is 1. The summed E-state index contributed by atoms with van der Waals surface area (Å²) in [5.74, 6) is 0.803. The summed E-state index contributed by atoms with van der Waals surface area (Å²) in [6, 6.07) is 5.82. The summed E-state index contributed by atoms with van der Waals surface area (Å²) in [7, 11) is 0. The number of benzene rings is 1. The molecular formula is C14H19BrN2O2. The van der Waals surface area contributed by atoms with Crippen LogP contribution in [0.15, 0.2) is 22.7 Å². The van der Waals surface area contributed by atoms with Gasteiger partial charge in [-0.3, -0.25) is 10.1 Å². The molecule has 0 heterocycles. The summed E-state index contributed by atoms with van der Waals surface area (Å²) in [5, 5.41) is 14.4. The summed E-state index contributed by atoms with van der Waals surface area (Å²) >= 11 is 3.36. The topological polar surface area (TPSA) is 55.2 Å². The third-order valence-electron chi connectivity index (χ3n) is 3.64. The molecule has 1 aliphatic carbocycles. The lowest BCUT2D eigenvalue weighted by Crippen LogP contribution is -2.31. The van der Waals surface area contributed by atoms with E-state index in [1.807, 2.05) is 6.07 Å². The number of nitro benzene ring substituents is 1. The maximum absolute atomic E-state index is 10.9. The smallest absolute Gasteiger partial charge is 0.283 e. The standard InChI is InChI=1S/C14H19BrN2O2/c1-2-16-12(10-6-7-10)9-8-11-4-3-5-13(14(11)15)17(18)19/h3-5,10,12,16H,2,6-9H2,1H3. The molecule has 1 aliphatic rings. The van der Waals surface area contributed by atoms with E-state index in [2.05, 4.69) is 28.2 Å². The van der Waals surface area contributed by atoms with Gasteiger partial charge >= 0.3 is 0 Å². The average Bonchev–Trinajstić information content (AvgIpc) is 3.19. The van der Waals surface area contributed by atoms with Crippen LogP contribution in [0.2, 0.25) is 0 Å². The van der Waals surface area contributed by atoms with E-state index in [0.717, 1.165) is 30.9 Å². The van der Waals surface area contributed by atoms with Crippen molar-refractivity contribution in [1.29, 1.82) is 0 Å². The van der Waals surface area contributed by atoms with Crippen molar-refractivity contribution in [2.24, 2.45) is 5.92 Å². The molecule has 0 aliphatic heterocycles. The Labute approximate surface area is 121 Å². The number of halogens is 1. The van der Waals surface area contributed by atoms with Gasteiger partial charge in [-0.05, 0) is 59.6 Å². The first-order valence-electron chi connectivity index (χ1n) is 6.78. The monoisotopic (exact) mass is 326 g/mol. The van der Waals surface area contributed by atoms with Crippen molar-refractivity contribution < 1.29 is 4.92 Å². The molecule has 1 saturated carbocycles. The largest absolute Gasteiger partial charge is 0.314 e. The van der Waals surface area contributed by atoms with Gasteiger partial charge in [0, 0.05) is 12.1 Å². The number of aryl methyl sites for hydroxylation is 1. The van der Waals surface area contributed by atoms with Gasteiger partial charge in [0.2, 0.25) is 0 Å². The lowest BCUT2D eigenvalue weighted by molar-refractivity contribution is -0.385. The Morgan fingerprint density at radius 2 is 2.26 bits per heavy atom. The highest BCUT2D eigenvalue weighted by atomic mass is 79.9. The Morgan fingerprint density at radius 1 is 1.53 bits per heavy atom. The normalized spacial score (nSPS) is 16.3. The fourth-order valence-electron chi connectivity index (χ4n) is 2.48. The van der Waals surface area contributed by atoms with Crippen LogP contribution in [0.25, 0.3) is 0 Å². The molecule has 1 aromatic carbocycles. The van der Waals surface area contributed by atoms with Crippen molar-refractivity contribution in [2.75, 3.05) is 6.54 Å². The molecule has 4 nitrogen and oxygen atoms in total. The van der Waals surface area contributed by atoms with Gasteiger partial charge in [-0.1, -0.05) is 19.1 Å². The van der Waals surface area contributed by atoms with E-state index >= 15 is 0 Å². The molecule has 104 valence electrons. The molecule has 0 aromatic heterocycles. The van der Waals surface area contributed by atoms with Gasteiger partial charge < -0.3 is 5.32 Å². The zero-order valence-corrected chi connectivity index (χ0v) is 12.6. The lowest BCUT2D eigenvalue weighted by Gasteiger charge is -2.17. The molecule has 0 amide bonds. The van der Waals surface area contributed by atoms with E-state index in [-0.39, 0.29) is 10.6 Å². The van der Waals surface area contributed by atoms with Crippen molar-refractivity contribution in [3.05, 3.63) is 38.3 Å². The molecule has 19 heavy (non-hydrogen) atoms. The highest BCUT2D eigenvalue weighted by Crippen LogP contribution is 2.35. The average molecular weight is 327 g/mol. The Morgan fingerprint density at radius 3 is 2.84 bits per heavy atom. The van der Waals surface area contributed by atoms with Crippen molar-refractivity contribution in [3.8, 4) is 0 Å². The second kappa shape index (κ2) is 6.48. The highest BCUT2D eigenvalue weighted by Gasteiger charge is 2.30. The van der Waals surface area contributed by atoms with Crippen LogP contribution in [0.1, 0.15) is 31.7 Å². The molecule has 1 unspecified atom stereocenters.